The largest absolute Gasteiger partial charge is 0.478 e. The zero-order valence-corrected chi connectivity index (χ0v) is 16.5. The summed E-state index contributed by atoms with van der Waals surface area (Å²) in [6.45, 7) is 2.69. The molecule has 3 aromatic rings. The molecule has 3 rings (SSSR count). The van der Waals surface area contributed by atoms with E-state index < -0.39 is 5.97 Å². The number of benzene rings is 2. The Labute approximate surface area is 171 Å². The van der Waals surface area contributed by atoms with E-state index in [1.165, 1.54) is 30.1 Å². The van der Waals surface area contributed by atoms with Crippen LogP contribution in [-0.4, -0.2) is 43.7 Å². The molecule has 148 valence electrons. The van der Waals surface area contributed by atoms with Crippen LogP contribution in [0.3, 0.4) is 0 Å². The van der Waals surface area contributed by atoms with Gasteiger partial charge in [-0.2, -0.15) is 5.10 Å². The zero-order chi connectivity index (χ0) is 20.6. The summed E-state index contributed by atoms with van der Waals surface area (Å²) in [6, 6.07) is 15.9. The van der Waals surface area contributed by atoms with E-state index in [2.05, 4.69) is 20.7 Å². The second kappa shape index (κ2) is 9.65. The molecule has 0 fully saturated rings. The number of hydrazone groups is 1. The summed E-state index contributed by atoms with van der Waals surface area (Å²) in [5, 5.41) is 21.9. The highest BCUT2D eigenvalue weighted by atomic mass is 32.2. The predicted octanol–water partition coefficient (Wildman–Crippen LogP) is 2.91. The molecule has 0 aliphatic heterocycles. The summed E-state index contributed by atoms with van der Waals surface area (Å²) in [6.07, 6.45) is 1.45. The molecular formula is C20H19N5O3S. The number of amides is 1. The number of rotatable bonds is 8. The van der Waals surface area contributed by atoms with Crippen molar-refractivity contribution in [3.63, 3.8) is 0 Å². The van der Waals surface area contributed by atoms with Crippen molar-refractivity contribution >= 4 is 29.9 Å². The van der Waals surface area contributed by atoms with E-state index in [-0.39, 0.29) is 17.2 Å². The molecule has 8 nitrogen and oxygen atoms in total. The zero-order valence-electron chi connectivity index (χ0n) is 15.6. The lowest BCUT2D eigenvalue weighted by atomic mass is 10.1. The van der Waals surface area contributed by atoms with Gasteiger partial charge in [0, 0.05) is 12.1 Å². The van der Waals surface area contributed by atoms with Crippen LogP contribution in [0.15, 0.2) is 64.9 Å². The van der Waals surface area contributed by atoms with Crippen LogP contribution in [0.25, 0.3) is 11.4 Å². The molecule has 0 spiro atoms. The Morgan fingerprint density at radius 3 is 2.52 bits per heavy atom. The van der Waals surface area contributed by atoms with Gasteiger partial charge in [-0.3, -0.25) is 4.79 Å². The van der Waals surface area contributed by atoms with Gasteiger partial charge in [-0.05, 0) is 24.6 Å². The third-order valence-corrected chi connectivity index (χ3v) is 4.92. The maximum atomic E-state index is 12.0. The van der Waals surface area contributed by atoms with Crippen molar-refractivity contribution in [1.29, 1.82) is 0 Å². The van der Waals surface area contributed by atoms with Gasteiger partial charge in [0.05, 0.1) is 17.5 Å². The Hall–Kier alpha value is -3.46. The van der Waals surface area contributed by atoms with E-state index in [0.717, 1.165) is 11.4 Å². The Morgan fingerprint density at radius 2 is 1.86 bits per heavy atom. The van der Waals surface area contributed by atoms with Crippen LogP contribution in [0.5, 0.6) is 0 Å². The average Bonchev–Trinajstić information content (AvgIpc) is 3.16. The fourth-order valence-electron chi connectivity index (χ4n) is 2.53. The minimum atomic E-state index is -0.992. The van der Waals surface area contributed by atoms with E-state index in [0.29, 0.717) is 17.3 Å². The average molecular weight is 409 g/mol. The monoisotopic (exact) mass is 409 g/mol. The highest BCUT2D eigenvalue weighted by molar-refractivity contribution is 7.99. The lowest BCUT2D eigenvalue weighted by Crippen LogP contribution is -2.20. The van der Waals surface area contributed by atoms with Gasteiger partial charge in [-0.25, -0.2) is 10.2 Å². The molecule has 9 heteroatoms. The minimum Gasteiger partial charge on any atom is -0.478 e. The van der Waals surface area contributed by atoms with Crippen molar-refractivity contribution in [3.8, 4) is 11.4 Å². The van der Waals surface area contributed by atoms with Crippen LogP contribution >= 0.6 is 11.8 Å². The van der Waals surface area contributed by atoms with Gasteiger partial charge in [0.1, 0.15) is 0 Å². The number of carbonyl (C=O) groups is 2. The van der Waals surface area contributed by atoms with Crippen LogP contribution < -0.4 is 5.43 Å². The summed E-state index contributed by atoms with van der Waals surface area (Å²) in [5.74, 6) is -0.365. The van der Waals surface area contributed by atoms with E-state index in [1.54, 1.807) is 12.1 Å². The smallest absolute Gasteiger partial charge is 0.335 e. The first-order valence-electron chi connectivity index (χ1n) is 8.85. The molecule has 2 N–H and O–H groups in total. The lowest BCUT2D eigenvalue weighted by molar-refractivity contribution is -0.118. The quantitative estimate of drug-likeness (QED) is 0.336. The number of thioether (sulfide) groups is 1. The number of carbonyl (C=O) groups excluding carboxylic acids is 1. The maximum absolute atomic E-state index is 12.0. The molecule has 0 saturated heterocycles. The van der Waals surface area contributed by atoms with Crippen molar-refractivity contribution in [3.05, 3.63) is 65.7 Å². The number of hydrogen-bond acceptors (Lipinski definition) is 6. The van der Waals surface area contributed by atoms with E-state index in [1.807, 2.05) is 41.8 Å². The third kappa shape index (κ3) is 5.29. The standard InChI is InChI=1S/C20H19N5O3S/c1-2-25-18(15-6-4-3-5-7-15)23-24-20(25)29-13-17(26)22-21-12-14-8-10-16(11-9-14)19(27)28/h3-12H,2,13H2,1H3,(H,22,26)(H,27,28)/b21-12+. The van der Waals surface area contributed by atoms with Crippen molar-refractivity contribution in [1.82, 2.24) is 20.2 Å². The number of carboxylic acids is 1. The molecule has 0 aliphatic rings. The van der Waals surface area contributed by atoms with E-state index >= 15 is 0 Å². The van der Waals surface area contributed by atoms with Gasteiger partial charge >= 0.3 is 5.97 Å². The molecule has 1 aromatic heterocycles. The fraction of sp³-hybridized carbons (Fsp3) is 0.150. The van der Waals surface area contributed by atoms with Crippen LogP contribution in [0, 0.1) is 0 Å². The Morgan fingerprint density at radius 1 is 1.14 bits per heavy atom. The number of aromatic carboxylic acids is 1. The Kier molecular flexibility index (Phi) is 6.75. The lowest BCUT2D eigenvalue weighted by Gasteiger charge is -2.06. The highest BCUT2D eigenvalue weighted by Crippen LogP contribution is 2.23. The molecule has 1 heterocycles. The molecule has 2 aromatic carbocycles. The Balaban J connectivity index is 1.55. The SMILES string of the molecule is CCn1c(SCC(=O)N/N=C/c2ccc(C(=O)O)cc2)nnc1-c1ccccc1. The van der Waals surface area contributed by atoms with E-state index in [9.17, 15) is 9.59 Å². The topological polar surface area (TPSA) is 109 Å². The molecule has 0 atom stereocenters. The summed E-state index contributed by atoms with van der Waals surface area (Å²) in [4.78, 5) is 22.9. The summed E-state index contributed by atoms with van der Waals surface area (Å²) in [5.41, 5.74) is 4.29. The summed E-state index contributed by atoms with van der Waals surface area (Å²) >= 11 is 1.28. The van der Waals surface area contributed by atoms with E-state index in [4.69, 9.17) is 5.11 Å². The number of hydrogen-bond donors (Lipinski definition) is 2. The van der Waals surface area contributed by atoms with Gasteiger partial charge in [-0.15, -0.1) is 10.2 Å². The Bertz CT molecular complexity index is 1020. The van der Waals surface area contributed by atoms with Crippen molar-refractivity contribution < 1.29 is 14.7 Å². The van der Waals surface area contributed by atoms with Gasteiger partial charge in [0.15, 0.2) is 11.0 Å². The fourth-order valence-corrected chi connectivity index (χ4v) is 3.33. The van der Waals surface area contributed by atoms with Gasteiger partial charge < -0.3 is 9.67 Å². The molecular weight excluding hydrogens is 390 g/mol. The van der Waals surface area contributed by atoms with Crippen LogP contribution in [0.2, 0.25) is 0 Å². The number of nitrogens with zero attached hydrogens (tertiary/aromatic N) is 4. The van der Waals surface area contributed by atoms with Crippen LogP contribution in [0.1, 0.15) is 22.8 Å². The van der Waals surface area contributed by atoms with Crippen molar-refractivity contribution in [2.24, 2.45) is 5.10 Å². The molecule has 1 amide bonds. The second-order valence-corrected chi connectivity index (χ2v) is 6.87. The van der Waals surface area contributed by atoms with Gasteiger partial charge in [0.2, 0.25) is 0 Å². The normalized spacial score (nSPS) is 10.9. The highest BCUT2D eigenvalue weighted by Gasteiger charge is 2.14. The summed E-state index contributed by atoms with van der Waals surface area (Å²) in [7, 11) is 0. The molecule has 0 radical (unpaired) electrons. The third-order valence-electron chi connectivity index (χ3n) is 3.96. The molecule has 0 bridgehead atoms. The number of nitrogens with one attached hydrogen (secondary N) is 1. The maximum Gasteiger partial charge on any atom is 0.335 e. The minimum absolute atomic E-state index is 0.141. The van der Waals surface area contributed by atoms with Crippen molar-refractivity contribution in [2.75, 3.05) is 5.75 Å². The van der Waals surface area contributed by atoms with Gasteiger partial charge in [-0.1, -0.05) is 54.2 Å². The molecule has 0 saturated carbocycles. The molecule has 0 aliphatic carbocycles. The van der Waals surface area contributed by atoms with Crippen LogP contribution in [-0.2, 0) is 11.3 Å². The first-order valence-corrected chi connectivity index (χ1v) is 9.83. The van der Waals surface area contributed by atoms with Gasteiger partial charge in [0.25, 0.3) is 5.91 Å². The van der Waals surface area contributed by atoms with Crippen LogP contribution in [0.4, 0.5) is 0 Å². The first kappa shape index (κ1) is 20.3. The second-order valence-electron chi connectivity index (χ2n) is 5.93. The summed E-state index contributed by atoms with van der Waals surface area (Å²) < 4.78 is 1.96. The molecule has 29 heavy (non-hydrogen) atoms. The molecule has 0 unspecified atom stereocenters. The predicted molar refractivity (Wildman–Crippen MR) is 111 cm³/mol. The first-order chi connectivity index (χ1) is 14.1. The number of carboxylic acid groups (broad SMARTS) is 1. The van der Waals surface area contributed by atoms with Crippen molar-refractivity contribution in [2.45, 2.75) is 18.6 Å². The number of aromatic nitrogens is 3.